The first-order chi connectivity index (χ1) is 12.1. The van der Waals surface area contributed by atoms with E-state index >= 15 is 0 Å². The van der Waals surface area contributed by atoms with Gasteiger partial charge in [0.25, 0.3) is 5.91 Å². The average Bonchev–Trinajstić information content (AvgIpc) is 2.94. The first kappa shape index (κ1) is 17.7. The number of hydrogen-bond acceptors (Lipinski definition) is 4. The molecule has 1 aliphatic heterocycles. The maximum atomic E-state index is 12.6. The molecular formula is C20H26N2O3. The van der Waals surface area contributed by atoms with Gasteiger partial charge in [0, 0.05) is 37.2 Å². The van der Waals surface area contributed by atoms with Crippen LogP contribution >= 0.6 is 0 Å². The minimum Gasteiger partial charge on any atom is -0.456 e. The van der Waals surface area contributed by atoms with E-state index in [4.69, 9.17) is 4.42 Å². The summed E-state index contributed by atoms with van der Waals surface area (Å²) in [7, 11) is 0. The molecule has 0 radical (unpaired) electrons. The van der Waals surface area contributed by atoms with Crippen molar-refractivity contribution in [3.63, 3.8) is 0 Å². The number of carbonyl (C=O) groups is 1. The number of aliphatic hydroxyl groups excluding tert-OH is 1. The van der Waals surface area contributed by atoms with Gasteiger partial charge in [-0.2, -0.15) is 0 Å². The van der Waals surface area contributed by atoms with Crippen molar-refractivity contribution in [1.82, 2.24) is 10.2 Å². The molecule has 2 aromatic rings. The summed E-state index contributed by atoms with van der Waals surface area (Å²) in [5.74, 6) is 0.980. The van der Waals surface area contributed by atoms with Gasteiger partial charge >= 0.3 is 0 Å². The summed E-state index contributed by atoms with van der Waals surface area (Å²) < 4.78 is 5.52. The fourth-order valence-corrected chi connectivity index (χ4v) is 3.54. The largest absolute Gasteiger partial charge is 0.456 e. The number of nitrogens with one attached hydrogen (secondary N) is 1. The van der Waals surface area contributed by atoms with Crippen LogP contribution in [0.15, 0.2) is 40.8 Å². The molecule has 2 atom stereocenters. The summed E-state index contributed by atoms with van der Waals surface area (Å²) >= 11 is 0. The zero-order valence-electron chi connectivity index (χ0n) is 14.9. The molecule has 3 rings (SSSR count). The van der Waals surface area contributed by atoms with Crippen molar-refractivity contribution < 1.29 is 14.3 Å². The van der Waals surface area contributed by atoms with Crippen molar-refractivity contribution in [3.05, 3.63) is 59.0 Å². The highest BCUT2D eigenvalue weighted by atomic mass is 16.3. The molecule has 0 bridgehead atoms. The summed E-state index contributed by atoms with van der Waals surface area (Å²) in [4.78, 5) is 14.9. The van der Waals surface area contributed by atoms with Crippen LogP contribution in [-0.4, -0.2) is 41.7 Å². The number of amides is 1. The molecule has 1 saturated heterocycles. The van der Waals surface area contributed by atoms with Crippen LogP contribution < -0.4 is 5.32 Å². The van der Waals surface area contributed by atoms with Gasteiger partial charge in [-0.25, -0.2) is 0 Å². The van der Waals surface area contributed by atoms with Gasteiger partial charge in [-0.15, -0.1) is 0 Å². The Morgan fingerprint density at radius 3 is 2.72 bits per heavy atom. The van der Waals surface area contributed by atoms with Crippen LogP contribution in [0.1, 0.15) is 33.9 Å². The molecule has 5 heteroatoms. The van der Waals surface area contributed by atoms with E-state index in [0.717, 1.165) is 37.4 Å². The third-order valence-electron chi connectivity index (χ3n) is 4.89. The number of rotatable bonds is 5. The van der Waals surface area contributed by atoms with Gasteiger partial charge in [0.15, 0.2) is 5.76 Å². The van der Waals surface area contributed by atoms with Crippen LogP contribution in [0.4, 0.5) is 0 Å². The van der Waals surface area contributed by atoms with Crippen molar-refractivity contribution in [3.8, 4) is 0 Å². The summed E-state index contributed by atoms with van der Waals surface area (Å²) in [5, 5.41) is 12.8. The Bertz CT molecular complexity index is 711. The van der Waals surface area contributed by atoms with Crippen LogP contribution in [0, 0.1) is 19.8 Å². The Kier molecular flexibility index (Phi) is 5.56. The summed E-state index contributed by atoms with van der Waals surface area (Å²) in [6, 6.07) is 12.1. The second-order valence-electron chi connectivity index (χ2n) is 6.90. The van der Waals surface area contributed by atoms with E-state index in [2.05, 4.69) is 22.3 Å². The molecule has 1 amide bonds. The summed E-state index contributed by atoms with van der Waals surface area (Å²) in [6.07, 6.45) is 0.866. The number of benzene rings is 1. The molecule has 0 aliphatic carbocycles. The lowest BCUT2D eigenvalue weighted by Crippen LogP contribution is -2.53. The number of aliphatic hydroxyl groups is 1. The van der Waals surface area contributed by atoms with Gasteiger partial charge in [0.05, 0.1) is 0 Å². The smallest absolute Gasteiger partial charge is 0.287 e. The van der Waals surface area contributed by atoms with E-state index in [1.807, 2.05) is 38.1 Å². The predicted molar refractivity (Wildman–Crippen MR) is 96.3 cm³/mol. The van der Waals surface area contributed by atoms with Crippen molar-refractivity contribution in [2.45, 2.75) is 32.9 Å². The summed E-state index contributed by atoms with van der Waals surface area (Å²) in [6.45, 7) is 6.29. The lowest BCUT2D eigenvalue weighted by atomic mass is 9.91. The van der Waals surface area contributed by atoms with Gasteiger partial charge in [0.2, 0.25) is 0 Å². The number of likely N-dealkylation sites (tertiary alicyclic amines) is 1. The van der Waals surface area contributed by atoms with Crippen molar-refractivity contribution >= 4 is 5.91 Å². The Morgan fingerprint density at radius 1 is 1.32 bits per heavy atom. The molecule has 2 N–H and O–H groups in total. The number of nitrogens with zero attached hydrogens (tertiary/aromatic N) is 1. The van der Waals surface area contributed by atoms with E-state index in [-0.39, 0.29) is 24.5 Å². The molecule has 134 valence electrons. The quantitative estimate of drug-likeness (QED) is 0.876. The maximum absolute atomic E-state index is 12.6. The van der Waals surface area contributed by atoms with E-state index in [1.54, 1.807) is 0 Å². The fraction of sp³-hybridized carbons (Fsp3) is 0.450. The molecule has 25 heavy (non-hydrogen) atoms. The number of piperidine rings is 1. The van der Waals surface area contributed by atoms with E-state index < -0.39 is 0 Å². The number of hydrogen-bond donors (Lipinski definition) is 2. The third kappa shape index (κ3) is 4.30. The zero-order chi connectivity index (χ0) is 17.8. The minimum absolute atomic E-state index is 0.0762. The summed E-state index contributed by atoms with van der Waals surface area (Å²) in [5.41, 5.74) is 2.10. The first-order valence-corrected chi connectivity index (χ1v) is 8.82. The molecule has 1 fully saturated rings. The Balaban J connectivity index is 1.66. The molecule has 1 aliphatic rings. The van der Waals surface area contributed by atoms with Gasteiger partial charge in [-0.3, -0.25) is 9.69 Å². The molecule has 0 spiro atoms. The number of aryl methyl sites for hydroxylation is 2. The van der Waals surface area contributed by atoms with Gasteiger partial charge in [-0.1, -0.05) is 30.3 Å². The van der Waals surface area contributed by atoms with E-state index in [9.17, 15) is 9.90 Å². The number of carbonyl (C=O) groups excluding carboxylic acids is 1. The normalized spacial score (nSPS) is 21.2. The van der Waals surface area contributed by atoms with Crippen molar-refractivity contribution in [2.24, 2.45) is 5.92 Å². The van der Waals surface area contributed by atoms with Crippen LogP contribution in [0.5, 0.6) is 0 Å². The maximum Gasteiger partial charge on any atom is 0.287 e. The standard InChI is InChI=1S/C20H26N2O3/c1-14-10-15(2)25-19(14)20(24)21-18-12-22(9-8-17(18)13-23)11-16-6-4-3-5-7-16/h3-7,10,17-18,23H,8-9,11-13H2,1-2H3,(H,21,24). The second kappa shape index (κ2) is 7.85. The van der Waals surface area contributed by atoms with Crippen LogP contribution in [0.3, 0.4) is 0 Å². The van der Waals surface area contributed by atoms with Gasteiger partial charge in [0.1, 0.15) is 5.76 Å². The van der Waals surface area contributed by atoms with Crippen LogP contribution in [-0.2, 0) is 6.54 Å². The highest BCUT2D eigenvalue weighted by Crippen LogP contribution is 2.21. The monoisotopic (exact) mass is 342 g/mol. The van der Waals surface area contributed by atoms with E-state index in [0.29, 0.717) is 5.76 Å². The molecule has 1 aromatic carbocycles. The zero-order valence-corrected chi connectivity index (χ0v) is 14.9. The number of furan rings is 1. The molecular weight excluding hydrogens is 316 g/mol. The molecule has 0 saturated carbocycles. The Hall–Kier alpha value is -2.11. The SMILES string of the molecule is Cc1cc(C)c(C(=O)NC2CN(Cc3ccccc3)CCC2CO)o1. The Labute approximate surface area is 148 Å². The van der Waals surface area contributed by atoms with Crippen molar-refractivity contribution in [2.75, 3.05) is 19.7 Å². The highest BCUT2D eigenvalue weighted by molar-refractivity contribution is 5.93. The fourth-order valence-electron chi connectivity index (χ4n) is 3.54. The third-order valence-corrected chi connectivity index (χ3v) is 4.89. The minimum atomic E-state index is -0.199. The first-order valence-electron chi connectivity index (χ1n) is 8.82. The van der Waals surface area contributed by atoms with Crippen LogP contribution in [0.25, 0.3) is 0 Å². The molecule has 1 aromatic heterocycles. The highest BCUT2D eigenvalue weighted by Gasteiger charge is 2.31. The van der Waals surface area contributed by atoms with Gasteiger partial charge < -0.3 is 14.8 Å². The van der Waals surface area contributed by atoms with E-state index in [1.165, 1.54) is 5.56 Å². The lowest BCUT2D eigenvalue weighted by Gasteiger charge is -2.38. The molecule has 2 heterocycles. The average molecular weight is 342 g/mol. The second-order valence-corrected chi connectivity index (χ2v) is 6.90. The Morgan fingerprint density at radius 2 is 2.08 bits per heavy atom. The van der Waals surface area contributed by atoms with Crippen molar-refractivity contribution in [1.29, 1.82) is 0 Å². The molecule has 2 unspecified atom stereocenters. The lowest BCUT2D eigenvalue weighted by molar-refractivity contribution is 0.0709. The van der Waals surface area contributed by atoms with Gasteiger partial charge in [-0.05, 0) is 38.4 Å². The predicted octanol–water partition coefficient (Wildman–Crippen LogP) is 2.51. The molecule has 5 nitrogen and oxygen atoms in total. The van der Waals surface area contributed by atoms with Crippen LogP contribution in [0.2, 0.25) is 0 Å². The topological polar surface area (TPSA) is 65.7 Å².